The Balaban J connectivity index is 2.63. The lowest BCUT2D eigenvalue weighted by Crippen LogP contribution is -1.94. The highest BCUT2D eigenvalue weighted by Gasteiger charge is 2.17. The Kier molecular flexibility index (Phi) is 3.22. The van der Waals surface area contributed by atoms with Crippen LogP contribution in [0.2, 0.25) is 0 Å². The zero-order chi connectivity index (χ0) is 13.4. The summed E-state index contributed by atoms with van der Waals surface area (Å²) >= 11 is 1.24. The van der Waals surface area contributed by atoms with Gasteiger partial charge in [0.2, 0.25) is 0 Å². The van der Waals surface area contributed by atoms with E-state index in [1.54, 1.807) is 6.92 Å². The van der Waals surface area contributed by atoms with Crippen molar-refractivity contribution in [3.05, 3.63) is 39.4 Å². The van der Waals surface area contributed by atoms with Crippen LogP contribution in [0.1, 0.15) is 32.1 Å². The molecule has 0 saturated heterocycles. The smallest absolute Gasteiger partial charge is 0.347 e. The van der Waals surface area contributed by atoms with E-state index in [0.717, 1.165) is 21.7 Å². The number of carbonyl (C=O) groups is 1. The van der Waals surface area contributed by atoms with Crippen molar-refractivity contribution >= 4 is 17.3 Å². The normalized spacial score (nSPS) is 10.7. The maximum Gasteiger partial charge on any atom is 0.347 e. The molecule has 3 nitrogen and oxygen atoms in total. The van der Waals surface area contributed by atoms with Crippen molar-refractivity contribution in [2.75, 3.05) is 0 Å². The van der Waals surface area contributed by atoms with E-state index < -0.39 is 5.97 Å². The van der Waals surface area contributed by atoms with Crippen LogP contribution in [0.4, 0.5) is 0 Å². The molecule has 1 N–H and O–H groups in total. The summed E-state index contributed by atoms with van der Waals surface area (Å²) in [5.74, 6) is -0.904. The first-order valence-corrected chi connectivity index (χ1v) is 6.50. The molecule has 0 fully saturated rings. The van der Waals surface area contributed by atoms with Crippen LogP contribution in [0.3, 0.4) is 0 Å². The van der Waals surface area contributed by atoms with Crippen molar-refractivity contribution in [1.29, 1.82) is 0 Å². The lowest BCUT2D eigenvalue weighted by Gasteiger charge is -2.08. The van der Waals surface area contributed by atoms with E-state index in [2.05, 4.69) is 24.0 Å². The molecule has 1 heterocycles. The van der Waals surface area contributed by atoms with Gasteiger partial charge in [0.15, 0.2) is 0 Å². The van der Waals surface area contributed by atoms with Gasteiger partial charge in [-0.05, 0) is 38.8 Å². The average Bonchev–Trinajstić information content (AvgIpc) is 2.58. The second kappa shape index (κ2) is 4.53. The van der Waals surface area contributed by atoms with E-state index >= 15 is 0 Å². The maximum atomic E-state index is 11.1. The van der Waals surface area contributed by atoms with Crippen LogP contribution in [0.15, 0.2) is 12.1 Å². The van der Waals surface area contributed by atoms with Gasteiger partial charge in [-0.2, -0.15) is 0 Å². The minimum atomic E-state index is -0.904. The number of aromatic nitrogens is 1. The van der Waals surface area contributed by atoms with Crippen LogP contribution >= 0.6 is 11.3 Å². The number of nitrogens with zero attached hydrogens (tertiary/aromatic N) is 1. The van der Waals surface area contributed by atoms with Gasteiger partial charge in [-0.1, -0.05) is 17.7 Å². The SMILES string of the molecule is Cc1cc(C)c(-c2nc(C)c(C(=O)O)s2)c(C)c1. The van der Waals surface area contributed by atoms with Gasteiger partial charge in [0, 0.05) is 5.56 Å². The fraction of sp³-hybridized carbons (Fsp3) is 0.286. The van der Waals surface area contributed by atoms with Crippen LogP contribution in [-0.2, 0) is 0 Å². The number of aromatic carboxylic acids is 1. The van der Waals surface area contributed by atoms with Gasteiger partial charge in [-0.3, -0.25) is 0 Å². The predicted octanol–water partition coefficient (Wildman–Crippen LogP) is 3.74. The second-order valence-electron chi connectivity index (χ2n) is 4.51. The van der Waals surface area contributed by atoms with Crippen molar-refractivity contribution in [3.63, 3.8) is 0 Å². The quantitative estimate of drug-likeness (QED) is 0.895. The highest BCUT2D eigenvalue weighted by molar-refractivity contribution is 7.17. The van der Waals surface area contributed by atoms with Crippen LogP contribution in [0, 0.1) is 27.7 Å². The minimum absolute atomic E-state index is 0.323. The highest BCUT2D eigenvalue weighted by atomic mass is 32.1. The van der Waals surface area contributed by atoms with E-state index in [9.17, 15) is 4.79 Å². The van der Waals surface area contributed by atoms with E-state index in [1.165, 1.54) is 16.9 Å². The third-order valence-corrected chi connectivity index (χ3v) is 4.04. The lowest BCUT2D eigenvalue weighted by atomic mass is 10.0. The number of aryl methyl sites for hydroxylation is 4. The third-order valence-electron chi connectivity index (χ3n) is 2.88. The van der Waals surface area contributed by atoms with Gasteiger partial charge in [0.25, 0.3) is 0 Å². The highest BCUT2D eigenvalue weighted by Crippen LogP contribution is 2.33. The van der Waals surface area contributed by atoms with E-state index in [1.807, 2.05) is 13.8 Å². The zero-order valence-corrected chi connectivity index (χ0v) is 11.7. The average molecular weight is 261 g/mol. The van der Waals surface area contributed by atoms with Crippen molar-refractivity contribution in [2.45, 2.75) is 27.7 Å². The molecule has 0 amide bonds. The molecule has 0 unspecified atom stereocenters. The summed E-state index contributed by atoms with van der Waals surface area (Å²) in [7, 11) is 0. The summed E-state index contributed by atoms with van der Waals surface area (Å²) in [6, 6.07) is 4.19. The van der Waals surface area contributed by atoms with Crippen molar-refractivity contribution in [2.24, 2.45) is 0 Å². The molecule has 1 aromatic heterocycles. The second-order valence-corrected chi connectivity index (χ2v) is 5.51. The molecule has 0 spiro atoms. The Morgan fingerprint density at radius 1 is 1.17 bits per heavy atom. The summed E-state index contributed by atoms with van der Waals surface area (Å²) in [5.41, 5.74) is 5.12. The first-order valence-electron chi connectivity index (χ1n) is 5.69. The van der Waals surface area contributed by atoms with Crippen LogP contribution in [-0.4, -0.2) is 16.1 Å². The lowest BCUT2D eigenvalue weighted by molar-refractivity contribution is 0.0701. The summed E-state index contributed by atoms with van der Waals surface area (Å²) in [6.45, 7) is 7.86. The van der Waals surface area contributed by atoms with Gasteiger partial charge in [0.05, 0.1) is 5.69 Å². The summed E-state index contributed by atoms with van der Waals surface area (Å²) in [6.07, 6.45) is 0. The molecule has 0 atom stereocenters. The largest absolute Gasteiger partial charge is 0.477 e. The number of benzene rings is 1. The van der Waals surface area contributed by atoms with Gasteiger partial charge in [-0.25, -0.2) is 9.78 Å². The number of hydrogen-bond donors (Lipinski definition) is 1. The van der Waals surface area contributed by atoms with E-state index in [-0.39, 0.29) is 0 Å². The molecule has 0 aliphatic carbocycles. The molecule has 0 saturated carbocycles. The molecule has 2 rings (SSSR count). The fourth-order valence-corrected chi connectivity index (χ4v) is 3.30. The predicted molar refractivity (Wildman–Crippen MR) is 73.5 cm³/mol. The summed E-state index contributed by atoms with van der Waals surface area (Å²) in [4.78, 5) is 15.8. The summed E-state index contributed by atoms with van der Waals surface area (Å²) < 4.78 is 0. The van der Waals surface area contributed by atoms with Crippen LogP contribution in [0.5, 0.6) is 0 Å². The number of hydrogen-bond acceptors (Lipinski definition) is 3. The molecule has 94 valence electrons. The molecule has 4 heteroatoms. The molecule has 0 bridgehead atoms. The topological polar surface area (TPSA) is 50.2 Å². The van der Waals surface area contributed by atoms with Crippen molar-refractivity contribution in [3.8, 4) is 10.6 Å². The Bertz CT molecular complexity index is 606. The molecular formula is C14H15NO2S. The monoisotopic (exact) mass is 261 g/mol. The zero-order valence-electron chi connectivity index (χ0n) is 10.9. The molecular weight excluding hydrogens is 246 g/mol. The van der Waals surface area contributed by atoms with Gasteiger partial charge < -0.3 is 5.11 Å². The van der Waals surface area contributed by atoms with Crippen LogP contribution in [0.25, 0.3) is 10.6 Å². The van der Waals surface area contributed by atoms with Crippen molar-refractivity contribution < 1.29 is 9.90 Å². The van der Waals surface area contributed by atoms with E-state index in [0.29, 0.717) is 10.6 Å². The summed E-state index contributed by atoms with van der Waals surface area (Å²) in [5, 5.41) is 9.87. The first-order chi connectivity index (χ1) is 8.40. The van der Waals surface area contributed by atoms with E-state index in [4.69, 9.17) is 5.11 Å². The molecule has 0 aliphatic rings. The standard InChI is InChI=1S/C14H15NO2S/c1-7-5-8(2)11(9(3)6-7)13-15-10(4)12(18-13)14(16)17/h5-6H,1-4H3,(H,16,17). The van der Waals surface area contributed by atoms with Gasteiger partial charge in [0.1, 0.15) is 9.88 Å². The third kappa shape index (κ3) is 2.16. The Labute approximate surface area is 110 Å². The molecule has 0 aliphatic heterocycles. The first kappa shape index (κ1) is 12.8. The Morgan fingerprint density at radius 2 is 1.72 bits per heavy atom. The van der Waals surface area contributed by atoms with Gasteiger partial charge in [-0.15, -0.1) is 11.3 Å². The van der Waals surface area contributed by atoms with Crippen molar-refractivity contribution in [1.82, 2.24) is 4.98 Å². The molecule has 2 aromatic rings. The number of carboxylic acid groups (broad SMARTS) is 1. The molecule has 18 heavy (non-hydrogen) atoms. The Hall–Kier alpha value is -1.68. The van der Waals surface area contributed by atoms with Gasteiger partial charge >= 0.3 is 5.97 Å². The minimum Gasteiger partial charge on any atom is -0.477 e. The Morgan fingerprint density at radius 3 is 2.17 bits per heavy atom. The number of carboxylic acids is 1. The molecule has 0 radical (unpaired) electrons. The fourth-order valence-electron chi connectivity index (χ4n) is 2.22. The number of rotatable bonds is 2. The maximum absolute atomic E-state index is 11.1. The number of thiazole rings is 1. The van der Waals surface area contributed by atoms with Crippen LogP contribution < -0.4 is 0 Å². The molecule has 1 aromatic carbocycles.